The minimum absolute atomic E-state index is 0.0198. The number of aromatic hydroxyl groups is 1. The Morgan fingerprint density at radius 2 is 2.22 bits per heavy atom. The molecule has 0 fully saturated rings. The van der Waals surface area contributed by atoms with E-state index in [1.807, 2.05) is 30.5 Å². The molecule has 1 aromatic carbocycles. The van der Waals surface area contributed by atoms with E-state index in [1.54, 1.807) is 6.21 Å². The zero-order valence-corrected chi connectivity index (χ0v) is 11.6. The second-order valence-electron chi connectivity index (χ2n) is 3.46. The minimum Gasteiger partial charge on any atom is -0.492 e. The summed E-state index contributed by atoms with van der Waals surface area (Å²) in [4.78, 5) is 9.25. The van der Waals surface area contributed by atoms with Crippen molar-refractivity contribution in [3.63, 3.8) is 0 Å². The van der Waals surface area contributed by atoms with Gasteiger partial charge in [-0.05, 0) is 12.3 Å². The third-order valence-electron chi connectivity index (χ3n) is 2.50. The number of hydrogen-bond donors (Lipinski definition) is 1. The molecule has 0 aliphatic carbocycles. The lowest BCUT2D eigenvalue weighted by Gasteiger charge is -2.02. The zero-order chi connectivity index (χ0) is 13.1. The number of benzene rings is 1. The molecule has 0 bridgehead atoms. The summed E-state index contributed by atoms with van der Waals surface area (Å²) in [7, 11) is 1.50. The van der Waals surface area contributed by atoms with Crippen LogP contribution in [0.25, 0.3) is 10.9 Å². The van der Waals surface area contributed by atoms with Crippen LogP contribution in [0.3, 0.4) is 0 Å². The molecule has 0 aliphatic rings. The molecule has 0 spiro atoms. The summed E-state index contributed by atoms with van der Waals surface area (Å²) in [6, 6.07) is 7.54. The van der Waals surface area contributed by atoms with Crippen LogP contribution >= 0.6 is 24.0 Å². The predicted octanol–water partition coefficient (Wildman–Crippen LogP) is 2.47. The summed E-state index contributed by atoms with van der Waals surface area (Å²) in [5.41, 5.74) is 1.39. The van der Waals surface area contributed by atoms with Crippen LogP contribution in [-0.4, -0.2) is 33.7 Å². The molecule has 2 aromatic rings. The molecular weight excluding hydrogens is 268 g/mol. The third kappa shape index (κ3) is 2.21. The van der Waals surface area contributed by atoms with Crippen molar-refractivity contribution in [1.29, 1.82) is 0 Å². The highest BCUT2D eigenvalue weighted by Crippen LogP contribution is 2.28. The van der Waals surface area contributed by atoms with Crippen molar-refractivity contribution >= 4 is 45.4 Å². The topological polar surface area (TPSA) is 46.8 Å². The predicted molar refractivity (Wildman–Crippen MR) is 79.8 cm³/mol. The summed E-state index contributed by atoms with van der Waals surface area (Å²) in [6.45, 7) is 0. The third-order valence-corrected chi connectivity index (χ3v) is 3.56. The molecule has 0 radical (unpaired) electrons. The Labute approximate surface area is 114 Å². The van der Waals surface area contributed by atoms with E-state index in [9.17, 15) is 5.11 Å². The number of thioether (sulfide) groups is 1. The van der Waals surface area contributed by atoms with Gasteiger partial charge in [0.05, 0.1) is 11.1 Å². The first kappa shape index (κ1) is 12.9. The molecule has 1 heterocycles. The van der Waals surface area contributed by atoms with Gasteiger partial charge in [-0.2, -0.15) is 0 Å². The number of aromatic nitrogens is 1. The molecule has 4 nitrogen and oxygen atoms in total. The normalized spacial score (nSPS) is 11.2. The van der Waals surface area contributed by atoms with Gasteiger partial charge in [-0.1, -0.05) is 42.2 Å². The van der Waals surface area contributed by atoms with Crippen LogP contribution in [-0.2, 0) is 0 Å². The fourth-order valence-corrected chi connectivity index (χ4v) is 1.92. The van der Waals surface area contributed by atoms with E-state index in [4.69, 9.17) is 17.1 Å². The molecule has 0 saturated heterocycles. The molecular formula is C12H12N2O2S2. The quantitative estimate of drug-likeness (QED) is 0.678. The molecule has 94 valence electrons. The SMILES string of the molecule is COn1c(O)c(/C=N/C(=S)SC)c2ccccc21. The average Bonchev–Trinajstić information content (AvgIpc) is 2.67. The average molecular weight is 280 g/mol. The maximum absolute atomic E-state index is 10.1. The van der Waals surface area contributed by atoms with Gasteiger partial charge in [0.2, 0.25) is 5.88 Å². The number of thiocarbonyl (C=S) groups is 1. The van der Waals surface area contributed by atoms with Crippen LogP contribution in [0.15, 0.2) is 29.3 Å². The summed E-state index contributed by atoms with van der Waals surface area (Å²) >= 11 is 6.38. The number of fused-ring (bicyclic) bond motifs is 1. The molecule has 18 heavy (non-hydrogen) atoms. The van der Waals surface area contributed by atoms with E-state index in [1.165, 1.54) is 23.6 Å². The summed E-state index contributed by atoms with van der Waals surface area (Å²) in [5, 5.41) is 11.0. The Balaban J connectivity index is 2.60. The highest BCUT2D eigenvalue weighted by atomic mass is 32.2. The van der Waals surface area contributed by atoms with Crippen LogP contribution in [0.2, 0.25) is 0 Å². The largest absolute Gasteiger partial charge is 0.492 e. The van der Waals surface area contributed by atoms with Gasteiger partial charge >= 0.3 is 0 Å². The second-order valence-corrected chi connectivity index (χ2v) is 4.90. The van der Waals surface area contributed by atoms with E-state index in [-0.39, 0.29) is 5.88 Å². The molecule has 1 aromatic heterocycles. The second kappa shape index (κ2) is 5.41. The van der Waals surface area contributed by atoms with Crippen LogP contribution in [0, 0.1) is 0 Å². The first-order chi connectivity index (χ1) is 8.69. The van der Waals surface area contributed by atoms with Crippen LogP contribution in [0.5, 0.6) is 5.88 Å². The standard InChI is InChI=1S/C12H12N2O2S2/c1-16-14-10-6-4-3-5-8(10)9(11(14)15)7-13-12(17)18-2/h3-7,15H,1-2H3/b13-7+. The molecule has 0 saturated carbocycles. The highest BCUT2D eigenvalue weighted by molar-refractivity contribution is 8.22. The van der Waals surface area contributed by atoms with Crippen molar-refractivity contribution < 1.29 is 9.94 Å². The molecule has 0 amide bonds. The van der Waals surface area contributed by atoms with Crippen molar-refractivity contribution in [1.82, 2.24) is 4.73 Å². The van der Waals surface area contributed by atoms with Gasteiger partial charge in [0.15, 0.2) is 4.32 Å². The molecule has 6 heteroatoms. The number of aliphatic imine (C=N–C) groups is 1. The van der Waals surface area contributed by atoms with Gasteiger partial charge in [-0.3, -0.25) is 0 Å². The number of para-hydroxylation sites is 1. The maximum atomic E-state index is 10.1. The fourth-order valence-electron chi connectivity index (χ4n) is 1.70. The number of rotatable bonds is 2. The van der Waals surface area contributed by atoms with Crippen LogP contribution < -0.4 is 4.84 Å². The Hall–Kier alpha value is -1.53. The molecule has 0 aliphatic heterocycles. The lowest BCUT2D eigenvalue weighted by Crippen LogP contribution is -2.04. The first-order valence-corrected chi connectivity index (χ1v) is 6.81. The van der Waals surface area contributed by atoms with Gasteiger partial charge in [0, 0.05) is 11.6 Å². The molecule has 2 rings (SSSR count). The number of nitrogens with zero attached hydrogens (tertiary/aromatic N) is 2. The monoisotopic (exact) mass is 280 g/mol. The fraction of sp³-hybridized carbons (Fsp3) is 0.167. The molecule has 0 unspecified atom stereocenters. The van der Waals surface area contributed by atoms with Gasteiger partial charge in [0.25, 0.3) is 0 Å². The summed E-state index contributed by atoms with van der Waals surface area (Å²) in [5.74, 6) is 0.0198. The van der Waals surface area contributed by atoms with Gasteiger partial charge in [-0.15, -0.1) is 4.73 Å². The summed E-state index contributed by atoms with van der Waals surface area (Å²) < 4.78 is 1.88. The zero-order valence-electron chi connectivity index (χ0n) is 9.95. The minimum atomic E-state index is 0.0198. The number of hydrogen-bond acceptors (Lipinski definition) is 4. The van der Waals surface area contributed by atoms with Crippen LogP contribution in [0.4, 0.5) is 0 Å². The van der Waals surface area contributed by atoms with E-state index in [2.05, 4.69) is 4.99 Å². The highest BCUT2D eigenvalue weighted by Gasteiger charge is 2.15. The summed E-state index contributed by atoms with van der Waals surface area (Å²) in [6.07, 6.45) is 3.42. The van der Waals surface area contributed by atoms with E-state index in [0.717, 1.165) is 10.9 Å². The first-order valence-electron chi connectivity index (χ1n) is 5.18. The van der Waals surface area contributed by atoms with Crippen molar-refractivity contribution in [3.8, 4) is 5.88 Å². The van der Waals surface area contributed by atoms with Crippen molar-refractivity contribution in [3.05, 3.63) is 29.8 Å². The van der Waals surface area contributed by atoms with Gasteiger partial charge in [0.1, 0.15) is 7.11 Å². The van der Waals surface area contributed by atoms with Crippen molar-refractivity contribution in [2.24, 2.45) is 4.99 Å². The smallest absolute Gasteiger partial charge is 0.235 e. The molecule has 0 atom stereocenters. The lowest BCUT2D eigenvalue weighted by molar-refractivity contribution is 0.152. The maximum Gasteiger partial charge on any atom is 0.235 e. The van der Waals surface area contributed by atoms with Crippen LogP contribution in [0.1, 0.15) is 5.56 Å². The Morgan fingerprint density at radius 3 is 2.89 bits per heavy atom. The molecule has 1 N–H and O–H groups in total. The Bertz CT molecular complexity index is 620. The van der Waals surface area contributed by atoms with Crippen molar-refractivity contribution in [2.45, 2.75) is 0 Å². The lowest BCUT2D eigenvalue weighted by atomic mass is 10.2. The van der Waals surface area contributed by atoms with Gasteiger partial charge in [-0.25, -0.2) is 4.99 Å². The van der Waals surface area contributed by atoms with Crippen molar-refractivity contribution in [2.75, 3.05) is 13.4 Å². The van der Waals surface area contributed by atoms with Gasteiger partial charge < -0.3 is 9.94 Å². The Morgan fingerprint density at radius 1 is 1.50 bits per heavy atom. The van der Waals surface area contributed by atoms with E-state index >= 15 is 0 Å². The van der Waals surface area contributed by atoms with E-state index in [0.29, 0.717) is 9.88 Å². The Kier molecular flexibility index (Phi) is 3.88. The van der Waals surface area contributed by atoms with E-state index < -0.39 is 0 Å².